The van der Waals surface area contributed by atoms with Gasteiger partial charge in [0.25, 0.3) is 0 Å². The molecule has 2 heteroatoms. The molecule has 1 fully saturated rings. The first-order valence-electron chi connectivity index (χ1n) is 7.84. The van der Waals surface area contributed by atoms with Crippen LogP contribution in [0.4, 0.5) is 0 Å². The molecule has 2 rings (SSSR count). The predicted molar refractivity (Wildman–Crippen MR) is 89.7 cm³/mol. The summed E-state index contributed by atoms with van der Waals surface area (Å²) in [4.78, 5) is 10.6. The molecule has 1 aliphatic carbocycles. The molecule has 0 aromatic heterocycles. The average Bonchev–Trinajstić information content (AvgIpc) is 2.47. The number of carbonyl (C=O) groups is 1. The van der Waals surface area contributed by atoms with Gasteiger partial charge in [0, 0.05) is 12.8 Å². The molecule has 1 nitrogen and oxygen atoms in total. The van der Waals surface area contributed by atoms with E-state index in [-0.39, 0.29) is 31.1 Å². The molecule has 1 aliphatic rings. The largest absolute Gasteiger partial charge is 2.00 e. The second kappa shape index (κ2) is 19.9. The fraction of sp³-hybridized carbons (Fsp3) is 0.579. The maximum Gasteiger partial charge on any atom is 2.00 e. The Bertz CT molecular complexity index is 299. The molecule has 0 saturated heterocycles. The normalized spacial score (nSPS) is 13.1. The maximum atomic E-state index is 10.6. The summed E-state index contributed by atoms with van der Waals surface area (Å²) in [6, 6.07) is 10.9. The first kappa shape index (κ1) is 25.9. The van der Waals surface area contributed by atoms with Gasteiger partial charge in [-0.3, -0.25) is 4.79 Å². The molecule has 0 radical (unpaired) electrons. The van der Waals surface area contributed by atoms with Crippen LogP contribution in [0.5, 0.6) is 0 Å². The fourth-order valence-electron chi connectivity index (χ4n) is 1.57. The first-order chi connectivity index (χ1) is 9.60. The zero-order valence-electron chi connectivity index (χ0n) is 14.5. The van der Waals surface area contributed by atoms with E-state index in [1.54, 1.807) is 0 Å². The summed E-state index contributed by atoms with van der Waals surface area (Å²) >= 11 is 0. The van der Waals surface area contributed by atoms with E-state index in [2.05, 4.69) is 19.9 Å². The van der Waals surface area contributed by atoms with Crippen LogP contribution in [0.25, 0.3) is 0 Å². The molecule has 0 bridgehead atoms. The Hall–Kier alpha value is -0.0581. The third kappa shape index (κ3) is 19.9. The molecular formula is C19H32OU. The third-order valence-corrected chi connectivity index (χ3v) is 2.70. The molecule has 118 valence electrons. The number of rotatable bonds is 0. The van der Waals surface area contributed by atoms with Crippen molar-refractivity contribution in [1.82, 2.24) is 0 Å². The van der Waals surface area contributed by atoms with Gasteiger partial charge in [-0.15, -0.1) is 0 Å². The molecule has 0 amide bonds. The van der Waals surface area contributed by atoms with E-state index in [1.807, 2.05) is 52.0 Å². The number of hydrogen-bond acceptors (Lipinski definition) is 1. The van der Waals surface area contributed by atoms with Crippen LogP contribution in [0.15, 0.2) is 24.3 Å². The van der Waals surface area contributed by atoms with Crippen LogP contribution in [0.2, 0.25) is 0 Å². The smallest absolute Gasteiger partial charge is 0.344 e. The number of benzene rings is 1. The van der Waals surface area contributed by atoms with Crippen molar-refractivity contribution < 1.29 is 35.9 Å². The zero-order chi connectivity index (χ0) is 15.8. The van der Waals surface area contributed by atoms with Crippen molar-refractivity contribution in [3.8, 4) is 0 Å². The minimum atomic E-state index is 0. The molecule has 0 aliphatic heterocycles. The van der Waals surface area contributed by atoms with Gasteiger partial charge in [0.05, 0.1) is 0 Å². The molecule has 21 heavy (non-hydrogen) atoms. The predicted octanol–water partition coefficient (Wildman–Crippen LogP) is 5.82. The van der Waals surface area contributed by atoms with Crippen molar-refractivity contribution in [2.45, 2.75) is 66.7 Å². The van der Waals surface area contributed by atoms with E-state index in [4.69, 9.17) is 0 Å². The van der Waals surface area contributed by atoms with Crippen molar-refractivity contribution in [3.63, 3.8) is 0 Å². The number of carbonyl (C=O) groups excluding carboxylic acids is 1. The number of Topliss-reactive ketones (excluding diaryl/α,β-unsaturated/α-hetero) is 1. The summed E-state index contributed by atoms with van der Waals surface area (Å²) in [5, 5.41) is 0. The van der Waals surface area contributed by atoms with Gasteiger partial charge < -0.3 is 6.92 Å². The minimum Gasteiger partial charge on any atom is -0.344 e. The summed E-state index contributed by atoms with van der Waals surface area (Å²) in [6.07, 6.45) is 4.92. The van der Waals surface area contributed by atoms with Gasteiger partial charge in [-0.25, -0.2) is 0 Å². The third-order valence-electron chi connectivity index (χ3n) is 2.70. The quantitative estimate of drug-likeness (QED) is 0.399. The summed E-state index contributed by atoms with van der Waals surface area (Å²) < 4.78 is 0. The first-order valence-corrected chi connectivity index (χ1v) is 7.84. The van der Waals surface area contributed by atoms with Gasteiger partial charge in [0.1, 0.15) is 5.78 Å². The molecule has 1 aromatic carbocycles. The SMILES string of the molecule is CC.CC1CCC(=O)CC1.Cc1[c-]cccc1.[CH2-]CC.[U+2]. The average molecular weight is 514 g/mol. The Balaban J connectivity index is -0.000000230. The van der Waals surface area contributed by atoms with Gasteiger partial charge in [0.15, 0.2) is 0 Å². The van der Waals surface area contributed by atoms with Crippen LogP contribution in [0.1, 0.15) is 65.4 Å². The molecular weight excluding hydrogens is 482 g/mol. The Labute approximate surface area is 156 Å². The van der Waals surface area contributed by atoms with Crippen LogP contribution >= 0.6 is 0 Å². The molecule has 1 aromatic rings. The second-order valence-electron chi connectivity index (χ2n) is 4.77. The van der Waals surface area contributed by atoms with E-state index >= 15 is 0 Å². The Morgan fingerprint density at radius 1 is 1.24 bits per heavy atom. The van der Waals surface area contributed by atoms with E-state index in [0.717, 1.165) is 38.0 Å². The Morgan fingerprint density at radius 2 is 1.71 bits per heavy atom. The molecule has 0 spiro atoms. The minimum absolute atomic E-state index is 0. The van der Waals surface area contributed by atoms with Crippen molar-refractivity contribution in [3.05, 3.63) is 42.8 Å². The topological polar surface area (TPSA) is 17.1 Å². The second-order valence-corrected chi connectivity index (χ2v) is 4.77. The number of aryl methyl sites for hydroxylation is 1. The van der Waals surface area contributed by atoms with Crippen LogP contribution in [-0.2, 0) is 4.79 Å². The summed E-state index contributed by atoms with van der Waals surface area (Å²) in [5.41, 5.74) is 1.20. The number of ketones is 1. The van der Waals surface area contributed by atoms with Crippen molar-refractivity contribution in [2.75, 3.05) is 0 Å². The van der Waals surface area contributed by atoms with Crippen molar-refractivity contribution in [2.24, 2.45) is 5.92 Å². The molecule has 0 N–H and O–H groups in total. The van der Waals surface area contributed by atoms with E-state index in [9.17, 15) is 4.79 Å². The van der Waals surface area contributed by atoms with Crippen LogP contribution < -0.4 is 0 Å². The van der Waals surface area contributed by atoms with Crippen molar-refractivity contribution >= 4 is 5.78 Å². The van der Waals surface area contributed by atoms with Gasteiger partial charge in [-0.1, -0.05) is 34.6 Å². The van der Waals surface area contributed by atoms with E-state index in [0.29, 0.717) is 5.78 Å². The van der Waals surface area contributed by atoms with Gasteiger partial charge in [-0.2, -0.15) is 42.3 Å². The Kier molecular flexibility index (Phi) is 24.6. The van der Waals surface area contributed by atoms with Gasteiger partial charge >= 0.3 is 31.1 Å². The van der Waals surface area contributed by atoms with Gasteiger partial charge in [0.2, 0.25) is 0 Å². The maximum absolute atomic E-state index is 10.6. The summed E-state index contributed by atoms with van der Waals surface area (Å²) in [7, 11) is 0. The van der Waals surface area contributed by atoms with E-state index < -0.39 is 0 Å². The Morgan fingerprint density at radius 3 is 1.95 bits per heavy atom. The molecule has 1 saturated carbocycles. The summed E-state index contributed by atoms with van der Waals surface area (Å²) in [5.74, 6) is 1.26. The van der Waals surface area contributed by atoms with Gasteiger partial charge in [-0.05, 0) is 18.8 Å². The molecule has 0 heterocycles. The molecule has 0 atom stereocenters. The zero-order valence-corrected chi connectivity index (χ0v) is 18.7. The van der Waals surface area contributed by atoms with E-state index in [1.165, 1.54) is 5.56 Å². The number of hydrogen-bond donors (Lipinski definition) is 0. The molecule has 0 unspecified atom stereocenters. The van der Waals surface area contributed by atoms with Crippen LogP contribution in [-0.4, -0.2) is 5.78 Å². The van der Waals surface area contributed by atoms with Crippen LogP contribution in [0, 0.1) is 56.9 Å². The van der Waals surface area contributed by atoms with Crippen LogP contribution in [0.3, 0.4) is 0 Å². The monoisotopic (exact) mass is 514 g/mol. The van der Waals surface area contributed by atoms with Crippen molar-refractivity contribution in [1.29, 1.82) is 0 Å². The fourth-order valence-corrected chi connectivity index (χ4v) is 1.57. The standard InChI is InChI=1S/C7H12O.C7H7.C3H7.C2H6.U/c1-6-2-4-7(8)5-3-6;1-7-5-3-2-4-6-7;1-3-2;1-2;/h6H,2-5H2,1H3;2-5H,1H3;1,3H2,2H3;1-2H3;/q;2*-1;;+2. The summed E-state index contributed by atoms with van der Waals surface area (Å²) in [6.45, 7) is 13.7.